The lowest BCUT2D eigenvalue weighted by Gasteiger charge is -2.12. The quantitative estimate of drug-likeness (QED) is 0.634. The zero-order valence-electron chi connectivity index (χ0n) is 9.67. The molecule has 1 heterocycles. The maximum Gasteiger partial charge on any atom is 0.321 e. The minimum Gasteiger partial charge on any atom is -0.481 e. The van der Waals surface area contributed by atoms with Gasteiger partial charge in [-0.2, -0.15) is 4.72 Å². The standard InChI is InChI=1S/C9H9BrClNO6S2/c10-8-4(11)3-7(19-8)20(17,18)12-5(9(15)16)1-2-6(13)14/h3,5,12H,1-2H2,(H,13,14)(H,15,16)/t5-/m0/s1. The second kappa shape index (κ2) is 6.85. The van der Waals surface area contributed by atoms with E-state index in [2.05, 4.69) is 15.9 Å². The summed E-state index contributed by atoms with van der Waals surface area (Å²) in [5.41, 5.74) is 0. The van der Waals surface area contributed by atoms with Crippen LogP contribution in [0.2, 0.25) is 5.02 Å². The van der Waals surface area contributed by atoms with Crippen molar-refractivity contribution in [3.05, 3.63) is 14.9 Å². The molecule has 1 aromatic rings. The van der Waals surface area contributed by atoms with E-state index in [-0.39, 0.29) is 15.7 Å². The molecule has 1 aromatic heterocycles. The first kappa shape index (κ1) is 17.4. The molecule has 7 nitrogen and oxygen atoms in total. The van der Waals surface area contributed by atoms with Crippen molar-refractivity contribution in [2.24, 2.45) is 0 Å². The van der Waals surface area contributed by atoms with Crippen LogP contribution >= 0.6 is 38.9 Å². The molecule has 0 amide bonds. The predicted molar refractivity (Wildman–Crippen MR) is 75.6 cm³/mol. The highest BCUT2D eigenvalue weighted by Gasteiger charge is 2.27. The minimum absolute atomic E-state index is 0.157. The molecule has 1 atom stereocenters. The number of sulfonamides is 1. The van der Waals surface area contributed by atoms with Crippen LogP contribution in [0.4, 0.5) is 0 Å². The Hall–Kier alpha value is -0.680. The molecule has 112 valence electrons. The van der Waals surface area contributed by atoms with E-state index in [1.165, 1.54) is 6.07 Å². The van der Waals surface area contributed by atoms with Gasteiger partial charge in [0.15, 0.2) is 0 Å². The van der Waals surface area contributed by atoms with Gasteiger partial charge in [0.2, 0.25) is 0 Å². The first-order valence-electron chi connectivity index (χ1n) is 5.05. The van der Waals surface area contributed by atoms with Crippen LogP contribution in [0.5, 0.6) is 0 Å². The molecule has 0 bridgehead atoms. The maximum absolute atomic E-state index is 12.0. The number of carboxylic acids is 2. The van der Waals surface area contributed by atoms with Gasteiger partial charge in [0.25, 0.3) is 10.0 Å². The summed E-state index contributed by atoms with van der Waals surface area (Å²) in [7, 11) is -4.07. The fourth-order valence-electron chi connectivity index (χ4n) is 1.21. The highest BCUT2D eigenvalue weighted by molar-refractivity contribution is 9.11. The lowest BCUT2D eigenvalue weighted by atomic mass is 10.2. The van der Waals surface area contributed by atoms with Gasteiger partial charge in [0, 0.05) is 6.42 Å². The Bertz CT molecular complexity index is 609. The van der Waals surface area contributed by atoms with Gasteiger partial charge in [-0.25, -0.2) is 8.42 Å². The highest BCUT2D eigenvalue weighted by Crippen LogP contribution is 2.34. The Kier molecular flexibility index (Phi) is 5.95. The van der Waals surface area contributed by atoms with Crippen LogP contribution in [-0.2, 0) is 19.6 Å². The number of nitrogens with one attached hydrogen (secondary N) is 1. The molecule has 1 rings (SSSR count). The Morgan fingerprint density at radius 1 is 1.45 bits per heavy atom. The summed E-state index contributed by atoms with van der Waals surface area (Å²) in [6.07, 6.45) is -0.821. The van der Waals surface area contributed by atoms with Gasteiger partial charge in [-0.15, -0.1) is 11.3 Å². The monoisotopic (exact) mass is 405 g/mol. The van der Waals surface area contributed by atoms with Gasteiger partial charge in [0.05, 0.1) is 8.81 Å². The van der Waals surface area contributed by atoms with Crippen molar-refractivity contribution in [3.63, 3.8) is 0 Å². The second-order valence-electron chi connectivity index (χ2n) is 3.63. The van der Waals surface area contributed by atoms with Gasteiger partial charge >= 0.3 is 11.9 Å². The molecule has 0 saturated heterocycles. The van der Waals surface area contributed by atoms with Crippen molar-refractivity contribution >= 4 is 60.8 Å². The average Bonchev–Trinajstić information content (AvgIpc) is 2.65. The van der Waals surface area contributed by atoms with Crippen LogP contribution in [0.1, 0.15) is 12.8 Å². The van der Waals surface area contributed by atoms with Gasteiger partial charge in [0.1, 0.15) is 10.3 Å². The summed E-state index contributed by atoms with van der Waals surface area (Å²) in [5.74, 6) is -2.66. The summed E-state index contributed by atoms with van der Waals surface area (Å²) in [6, 6.07) is -0.342. The SMILES string of the molecule is O=C(O)CC[C@H](NS(=O)(=O)c1cc(Cl)c(Br)s1)C(=O)O. The molecule has 0 aliphatic heterocycles. The summed E-state index contributed by atoms with van der Waals surface area (Å²) in [6.45, 7) is 0. The Morgan fingerprint density at radius 2 is 2.05 bits per heavy atom. The van der Waals surface area contributed by atoms with Crippen LogP contribution in [0.3, 0.4) is 0 Å². The molecule has 0 radical (unpaired) electrons. The number of hydrogen-bond donors (Lipinski definition) is 3. The van der Waals surface area contributed by atoms with E-state index in [0.717, 1.165) is 11.3 Å². The van der Waals surface area contributed by atoms with Crippen LogP contribution in [0.15, 0.2) is 14.1 Å². The van der Waals surface area contributed by atoms with E-state index < -0.39 is 34.4 Å². The molecule has 11 heteroatoms. The molecule has 0 spiro atoms. The van der Waals surface area contributed by atoms with Crippen LogP contribution in [0.25, 0.3) is 0 Å². The highest BCUT2D eigenvalue weighted by atomic mass is 79.9. The molecular weight excluding hydrogens is 398 g/mol. The summed E-state index contributed by atoms with van der Waals surface area (Å²) >= 11 is 9.59. The van der Waals surface area contributed by atoms with Gasteiger partial charge < -0.3 is 10.2 Å². The van der Waals surface area contributed by atoms with Gasteiger partial charge in [-0.1, -0.05) is 11.6 Å². The normalized spacial score (nSPS) is 13.1. The van der Waals surface area contributed by atoms with Crippen LogP contribution in [0, 0.1) is 0 Å². The fraction of sp³-hybridized carbons (Fsp3) is 0.333. The number of halogens is 2. The summed E-state index contributed by atoms with van der Waals surface area (Å²) < 4.78 is 26.1. The average molecular weight is 407 g/mol. The Labute approximate surface area is 131 Å². The zero-order valence-corrected chi connectivity index (χ0v) is 13.6. The Balaban J connectivity index is 2.91. The van der Waals surface area contributed by atoms with Gasteiger partial charge in [-0.3, -0.25) is 9.59 Å². The van der Waals surface area contributed by atoms with Crippen molar-refractivity contribution < 1.29 is 28.2 Å². The van der Waals surface area contributed by atoms with E-state index >= 15 is 0 Å². The van der Waals surface area contributed by atoms with Gasteiger partial charge in [-0.05, 0) is 28.4 Å². The van der Waals surface area contributed by atoms with E-state index in [1.54, 1.807) is 0 Å². The minimum atomic E-state index is -4.07. The fourth-order valence-corrected chi connectivity index (χ4v) is 4.84. The summed E-state index contributed by atoms with van der Waals surface area (Å²) in [5, 5.41) is 17.6. The van der Waals surface area contributed by atoms with Crippen molar-refractivity contribution in [2.45, 2.75) is 23.1 Å². The van der Waals surface area contributed by atoms with Crippen LogP contribution in [-0.4, -0.2) is 36.6 Å². The molecular formula is C9H9BrClNO6S2. The maximum atomic E-state index is 12.0. The zero-order chi connectivity index (χ0) is 15.5. The summed E-state index contributed by atoms with van der Waals surface area (Å²) in [4.78, 5) is 21.4. The molecule has 0 aliphatic carbocycles. The number of carbonyl (C=O) groups is 2. The third kappa shape index (κ3) is 4.70. The molecule has 3 N–H and O–H groups in total. The van der Waals surface area contributed by atoms with Crippen LogP contribution < -0.4 is 4.72 Å². The third-order valence-electron chi connectivity index (χ3n) is 2.13. The number of rotatable bonds is 7. The van der Waals surface area contributed by atoms with E-state index in [1.807, 2.05) is 4.72 Å². The molecule has 20 heavy (non-hydrogen) atoms. The lowest BCUT2D eigenvalue weighted by Crippen LogP contribution is -2.40. The molecule has 0 fully saturated rings. The van der Waals surface area contributed by atoms with Crippen molar-refractivity contribution in [1.82, 2.24) is 4.72 Å². The Morgan fingerprint density at radius 3 is 2.45 bits per heavy atom. The molecule has 0 aromatic carbocycles. The first-order valence-corrected chi connectivity index (χ1v) is 8.52. The number of aliphatic carboxylic acids is 2. The number of carboxylic acid groups (broad SMARTS) is 2. The smallest absolute Gasteiger partial charge is 0.321 e. The number of thiophene rings is 1. The van der Waals surface area contributed by atoms with Crippen molar-refractivity contribution in [1.29, 1.82) is 0 Å². The molecule has 0 saturated carbocycles. The largest absolute Gasteiger partial charge is 0.481 e. The van der Waals surface area contributed by atoms with E-state index in [4.69, 9.17) is 21.8 Å². The lowest BCUT2D eigenvalue weighted by molar-refractivity contribution is -0.140. The predicted octanol–water partition coefficient (Wildman–Crippen LogP) is 1.76. The second-order valence-corrected chi connectivity index (χ2v) is 8.35. The topological polar surface area (TPSA) is 121 Å². The van der Waals surface area contributed by atoms with E-state index in [0.29, 0.717) is 3.79 Å². The molecule has 0 aliphatic rings. The first-order chi connectivity index (χ1) is 9.13. The molecule has 0 unspecified atom stereocenters. The van der Waals surface area contributed by atoms with Crippen molar-refractivity contribution in [2.75, 3.05) is 0 Å². The van der Waals surface area contributed by atoms with E-state index in [9.17, 15) is 18.0 Å². The number of hydrogen-bond acceptors (Lipinski definition) is 5. The van der Waals surface area contributed by atoms with Crippen molar-refractivity contribution in [3.8, 4) is 0 Å². The third-order valence-corrected chi connectivity index (χ3v) is 6.55.